The Morgan fingerprint density at radius 1 is 1.00 bits per heavy atom. The summed E-state index contributed by atoms with van der Waals surface area (Å²) in [5.41, 5.74) is 0. The molecule has 2 rings (SSSR count). The van der Waals surface area contributed by atoms with Gasteiger partial charge in [0, 0.05) is 6.04 Å². The van der Waals surface area contributed by atoms with E-state index in [0.717, 1.165) is 17.9 Å². The average molecular weight is 181 g/mol. The van der Waals surface area contributed by atoms with Gasteiger partial charge in [-0.2, -0.15) is 0 Å². The lowest BCUT2D eigenvalue weighted by Gasteiger charge is -2.14. The monoisotopic (exact) mass is 181 g/mol. The summed E-state index contributed by atoms with van der Waals surface area (Å²) >= 11 is 0. The van der Waals surface area contributed by atoms with Crippen molar-refractivity contribution in [3.63, 3.8) is 0 Å². The Bertz CT molecular complexity index is 151. The maximum absolute atomic E-state index is 3.67. The third-order valence-electron chi connectivity index (χ3n) is 3.65. The molecule has 0 amide bonds. The van der Waals surface area contributed by atoms with Crippen LogP contribution in [0.25, 0.3) is 0 Å². The minimum absolute atomic E-state index is 0.903. The summed E-state index contributed by atoms with van der Waals surface area (Å²) in [5.74, 6) is 1.98. The Labute approximate surface area is 82.3 Å². The van der Waals surface area contributed by atoms with E-state index in [1.165, 1.54) is 51.5 Å². The SMILES string of the molecule is CC1CCCC(CNC2CC2)CC1. The number of nitrogens with one attached hydrogen (secondary N) is 1. The van der Waals surface area contributed by atoms with Crippen LogP contribution in [-0.2, 0) is 0 Å². The van der Waals surface area contributed by atoms with Gasteiger partial charge < -0.3 is 5.32 Å². The minimum atomic E-state index is 0.903. The van der Waals surface area contributed by atoms with E-state index in [9.17, 15) is 0 Å². The maximum Gasteiger partial charge on any atom is 0.00683 e. The summed E-state index contributed by atoms with van der Waals surface area (Å²) in [6.07, 6.45) is 10.2. The van der Waals surface area contributed by atoms with Gasteiger partial charge in [-0.3, -0.25) is 0 Å². The first-order valence-electron chi connectivity index (χ1n) is 6.08. The number of rotatable bonds is 3. The van der Waals surface area contributed by atoms with E-state index in [2.05, 4.69) is 12.2 Å². The van der Waals surface area contributed by atoms with Gasteiger partial charge in [0.15, 0.2) is 0 Å². The van der Waals surface area contributed by atoms with Crippen LogP contribution in [0.5, 0.6) is 0 Å². The van der Waals surface area contributed by atoms with Crippen molar-refractivity contribution < 1.29 is 0 Å². The van der Waals surface area contributed by atoms with Crippen LogP contribution in [0.1, 0.15) is 51.9 Å². The van der Waals surface area contributed by atoms with Gasteiger partial charge in [-0.25, -0.2) is 0 Å². The van der Waals surface area contributed by atoms with Crippen LogP contribution in [0, 0.1) is 11.8 Å². The van der Waals surface area contributed by atoms with E-state index in [0.29, 0.717) is 0 Å². The van der Waals surface area contributed by atoms with Crippen LogP contribution in [0.15, 0.2) is 0 Å². The van der Waals surface area contributed by atoms with E-state index in [1.54, 1.807) is 0 Å². The molecular weight excluding hydrogens is 158 g/mol. The zero-order valence-electron chi connectivity index (χ0n) is 8.89. The van der Waals surface area contributed by atoms with Crippen molar-refractivity contribution in [3.05, 3.63) is 0 Å². The molecule has 2 aliphatic rings. The van der Waals surface area contributed by atoms with Crippen LogP contribution in [0.2, 0.25) is 0 Å². The highest BCUT2D eigenvalue weighted by Gasteiger charge is 2.22. The van der Waals surface area contributed by atoms with Crippen molar-refractivity contribution in [2.75, 3.05) is 6.54 Å². The molecule has 2 aliphatic carbocycles. The fraction of sp³-hybridized carbons (Fsp3) is 1.00. The Balaban J connectivity index is 1.65. The van der Waals surface area contributed by atoms with E-state index < -0.39 is 0 Å². The Morgan fingerprint density at radius 2 is 1.85 bits per heavy atom. The van der Waals surface area contributed by atoms with Gasteiger partial charge in [0.05, 0.1) is 0 Å². The van der Waals surface area contributed by atoms with Crippen LogP contribution >= 0.6 is 0 Å². The van der Waals surface area contributed by atoms with Crippen molar-refractivity contribution in [2.45, 2.75) is 57.9 Å². The number of hydrogen-bond acceptors (Lipinski definition) is 1. The highest BCUT2D eigenvalue weighted by Crippen LogP contribution is 2.27. The van der Waals surface area contributed by atoms with Crippen LogP contribution in [-0.4, -0.2) is 12.6 Å². The average Bonchev–Trinajstić information content (AvgIpc) is 2.90. The molecule has 2 saturated carbocycles. The second kappa shape index (κ2) is 4.45. The van der Waals surface area contributed by atoms with Crippen molar-refractivity contribution in [1.82, 2.24) is 5.32 Å². The largest absolute Gasteiger partial charge is 0.314 e. The van der Waals surface area contributed by atoms with Gasteiger partial charge in [0.25, 0.3) is 0 Å². The summed E-state index contributed by atoms with van der Waals surface area (Å²) in [4.78, 5) is 0. The lowest BCUT2D eigenvalue weighted by atomic mass is 9.99. The quantitative estimate of drug-likeness (QED) is 0.660. The van der Waals surface area contributed by atoms with E-state index in [4.69, 9.17) is 0 Å². The van der Waals surface area contributed by atoms with E-state index in [-0.39, 0.29) is 0 Å². The summed E-state index contributed by atoms with van der Waals surface area (Å²) in [5, 5.41) is 3.67. The smallest absolute Gasteiger partial charge is 0.00683 e. The van der Waals surface area contributed by atoms with Crippen molar-refractivity contribution >= 4 is 0 Å². The molecule has 0 radical (unpaired) electrons. The Hall–Kier alpha value is -0.0400. The zero-order chi connectivity index (χ0) is 9.10. The van der Waals surface area contributed by atoms with Crippen molar-refractivity contribution in [1.29, 1.82) is 0 Å². The predicted molar refractivity (Wildman–Crippen MR) is 56.8 cm³/mol. The van der Waals surface area contributed by atoms with Gasteiger partial charge in [0.1, 0.15) is 0 Å². The summed E-state index contributed by atoms with van der Waals surface area (Å²) < 4.78 is 0. The van der Waals surface area contributed by atoms with Gasteiger partial charge in [-0.15, -0.1) is 0 Å². The molecule has 0 aromatic rings. The highest BCUT2D eigenvalue weighted by atomic mass is 14.9. The summed E-state index contributed by atoms with van der Waals surface area (Å²) in [7, 11) is 0. The standard InChI is InChI=1S/C12H23N/c1-10-3-2-4-11(6-5-10)9-13-12-7-8-12/h10-13H,2-9H2,1H3. The summed E-state index contributed by atoms with van der Waals surface area (Å²) in [6.45, 7) is 3.72. The fourth-order valence-electron chi connectivity index (χ4n) is 2.39. The molecule has 13 heavy (non-hydrogen) atoms. The summed E-state index contributed by atoms with van der Waals surface area (Å²) in [6, 6.07) is 0.903. The Kier molecular flexibility index (Phi) is 3.26. The molecule has 0 aliphatic heterocycles. The maximum atomic E-state index is 3.67. The predicted octanol–water partition coefficient (Wildman–Crippen LogP) is 2.95. The molecule has 0 bridgehead atoms. The molecule has 2 atom stereocenters. The first kappa shape index (κ1) is 9.51. The van der Waals surface area contributed by atoms with E-state index >= 15 is 0 Å². The molecule has 1 heteroatoms. The third-order valence-corrected chi connectivity index (χ3v) is 3.65. The molecule has 1 nitrogen and oxygen atoms in total. The van der Waals surface area contributed by atoms with Crippen molar-refractivity contribution in [2.24, 2.45) is 11.8 Å². The normalized spacial score (nSPS) is 35.8. The molecule has 2 unspecified atom stereocenters. The highest BCUT2D eigenvalue weighted by molar-refractivity contribution is 4.82. The van der Waals surface area contributed by atoms with Gasteiger partial charge >= 0.3 is 0 Å². The Morgan fingerprint density at radius 3 is 2.62 bits per heavy atom. The molecule has 0 aromatic heterocycles. The van der Waals surface area contributed by atoms with E-state index in [1.807, 2.05) is 0 Å². The van der Waals surface area contributed by atoms with Gasteiger partial charge in [-0.1, -0.05) is 26.2 Å². The number of hydrogen-bond donors (Lipinski definition) is 1. The fourth-order valence-corrected chi connectivity index (χ4v) is 2.39. The molecule has 76 valence electrons. The lowest BCUT2D eigenvalue weighted by Crippen LogP contribution is -2.24. The second-order valence-electron chi connectivity index (χ2n) is 5.16. The van der Waals surface area contributed by atoms with Crippen molar-refractivity contribution in [3.8, 4) is 0 Å². The molecular formula is C12H23N. The van der Waals surface area contributed by atoms with Crippen LogP contribution < -0.4 is 5.32 Å². The van der Waals surface area contributed by atoms with Gasteiger partial charge in [0.2, 0.25) is 0 Å². The zero-order valence-corrected chi connectivity index (χ0v) is 8.89. The third kappa shape index (κ3) is 3.30. The molecule has 2 fully saturated rings. The van der Waals surface area contributed by atoms with Crippen LogP contribution in [0.3, 0.4) is 0 Å². The second-order valence-corrected chi connectivity index (χ2v) is 5.16. The first-order valence-corrected chi connectivity index (χ1v) is 6.08. The molecule has 0 heterocycles. The lowest BCUT2D eigenvalue weighted by molar-refractivity contribution is 0.416. The molecule has 0 saturated heterocycles. The first-order chi connectivity index (χ1) is 6.34. The molecule has 0 spiro atoms. The molecule has 1 N–H and O–H groups in total. The van der Waals surface area contributed by atoms with Gasteiger partial charge in [-0.05, 0) is 44.1 Å². The topological polar surface area (TPSA) is 12.0 Å². The molecule has 0 aromatic carbocycles. The minimum Gasteiger partial charge on any atom is -0.314 e. The van der Waals surface area contributed by atoms with Crippen LogP contribution in [0.4, 0.5) is 0 Å².